The van der Waals surface area contributed by atoms with Gasteiger partial charge in [0.25, 0.3) is 5.95 Å². The normalized spacial score (nSPS) is 11.8. The second-order valence-corrected chi connectivity index (χ2v) is 5.98. The molecule has 0 amide bonds. The topological polar surface area (TPSA) is 92.0 Å². The van der Waals surface area contributed by atoms with Gasteiger partial charge < -0.3 is 9.40 Å². The minimum Gasteiger partial charge on any atom is -0.448 e. The predicted octanol–water partition coefficient (Wildman–Crippen LogP) is 3.87. The number of aromatic amines is 1. The highest BCUT2D eigenvalue weighted by molar-refractivity contribution is 9.10. The van der Waals surface area contributed by atoms with Crippen LogP contribution in [-0.2, 0) is 6.42 Å². The van der Waals surface area contributed by atoms with Crippen molar-refractivity contribution >= 4 is 50.2 Å². The lowest BCUT2D eigenvalue weighted by atomic mass is 10.1. The monoisotopic (exact) mass is 384 g/mol. The molecule has 8 heteroatoms. The third-order valence-corrected chi connectivity index (χ3v) is 4.06. The Morgan fingerprint density at radius 1 is 1.29 bits per heavy atom. The summed E-state index contributed by atoms with van der Waals surface area (Å²) in [6.07, 6.45) is 2.51. The van der Waals surface area contributed by atoms with E-state index >= 15 is 0 Å². The fourth-order valence-electron chi connectivity index (χ4n) is 2.44. The minimum atomic E-state index is 0.312. The Morgan fingerprint density at radius 2 is 2.21 bits per heavy atom. The predicted molar refractivity (Wildman–Crippen MR) is 96.2 cm³/mol. The van der Waals surface area contributed by atoms with Gasteiger partial charge in [0.05, 0.1) is 6.21 Å². The lowest BCUT2D eigenvalue weighted by Gasteiger charge is -1.97. The Hall–Kier alpha value is -2.74. The van der Waals surface area contributed by atoms with Crippen LogP contribution in [0.15, 0.2) is 44.5 Å². The second kappa shape index (κ2) is 6.04. The van der Waals surface area contributed by atoms with Gasteiger partial charge in [-0.3, -0.25) is 0 Å². The van der Waals surface area contributed by atoms with Gasteiger partial charge in [0.2, 0.25) is 0 Å². The van der Waals surface area contributed by atoms with E-state index in [9.17, 15) is 0 Å². The first kappa shape index (κ1) is 14.8. The van der Waals surface area contributed by atoms with E-state index in [4.69, 9.17) is 4.42 Å². The van der Waals surface area contributed by atoms with Crippen LogP contribution in [0.1, 0.15) is 18.2 Å². The number of halogens is 1. The van der Waals surface area contributed by atoms with Crippen molar-refractivity contribution in [3.05, 3.63) is 46.3 Å². The average Bonchev–Trinajstić information content (AvgIpc) is 3.17. The molecule has 0 unspecified atom stereocenters. The molecule has 1 aromatic carbocycles. The van der Waals surface area contributed by atoms with Crippen molar-refractivity contribution in [3.8, 4) is 0 Å². The summed E-state index contributed by atoms with van der Waals surface area (Å²) in [4.78, 5) is 7.66. The zero-order chi connectivity index (χ0) is 16.5. The highest BCUT2D eigenvalue weighted by Gasteiger charge is 2.09. The number of hydrogen-bond acceptors (Lipinski definition) is 6. The molecule has 0 fully saturated rings. The van der Waals surface area contributed by atoms with Crippen molar-refractivity contribution in [2.45, 2.75) is 13.3 Å². The van der Waals surface area contributed by atoms with Crippen LogP contribution in [0.4, 0.5) is 5.95 Å². The number of hydrogen-bond donors (Lipinski definition) is 2. The fraction of sp³-hybridized carbons (Fsp3) is 0.125. The summed E-state index contributed by atoms with van der Waals surface area (Å²) in [7, 11) is 0. The van der Waals surface area contributed by atoms with Gasteiger partial charge >= 0.3 is 0 Å². The second-order valence-electron chi connectivity index (χ2n) is 5.20. The van der Waals surface area contributed by atoms with Gasteiger partial charge in [-0.25, -0.2) is 5.43 Å². The molecule has 2 N–H and O–H groups in total. The number of benzene rings is 1. The van der Waals surface area contributed by atoms with Gasteiger partial charge in [0, 0.05) is 10.9 Å². The largest absolute Gasteiger partial charge is 0.448 e. The lowest BCUT2D eigenvalue weighted by Crippen LogP contribution is -1.98. The first-order valence-electron chi connectivity index (χ1n) is 7.42. The van der Waals surface area contributed by atoms with Crippen molar-refractivity contribution in [3.63, 3.8) is 0 Å². The molecule has 3 heterocycles. The van der Waals surface area contributed by atoms with Crippen LogP contribution in [0.3, 0.4) is 0 Å². The van der Waals surface area contributed by atoms with Crippen LogP contribution in [0.25, 0.3) is 22.1 Å². The molecule has 4 aromatic rings. The zero-order valence-corrected chi connectivity index (χ0v) is 14.3. The van der Waals surface area contributed by atoms with E-state index in [1.54, 1.807) is 12.1 Å². The molecular weight excluding hydrogens is 372 g/mol. The molecule has 0 saturated carbocycles. The van der Waals surface area contributed by atoms with E-state index in [1.807, 2.05) is 6.07 Å². The average molecular weight is 385 g/mol. The Balaban J connectivity index is 1.63. The Bertz CT molecular complexity index is 1050. The van der Waals surface area contributed by atoms with Crippen LogP contribution >= 0.6 is 15.9 Å². The van der Waals surface area contributed by atoms with Crippen LogP contribution in [-0.4, -0.2) is 26.4 Å². The van der Waals surface area contributed by atoms with E-state index in [0.717, 1.165) is 22.8 Å². The number of fused-ring (bicyclic) bond motifs is 3. The highest BCUT2D eigenvalue weighted by atomic mass is 79.9. The molecule has 4 rings (SSSR count). The summed E-state index contributed by atoms with van der Waals surface area (Å²) in [5.74, 6) is 0.924. The number of rotatable bonds is 4. The van der Waals surface area contributed by atoms with Gasteiger partial charge in [-0.2, -0.15) is 10.1 Å². The van der Waals surface area contributed by atoms with E-state index in [2.05, 4.69) is 65.7 Å². The number of nitrogens with one attached hydrogen (secondary N) is 2. The van der Waals surface area contributed by atoms with Gasteiger partial charge in [0.15, 0.2) is 10.3 Å². The molecule has 0 atom stereocenters. The van der Waals surface area contributed by atoms with Crippen molar-refractivity contribution in [2.24, 2.45) is 5.10 Å². The number of aryl methyl sites for hydroxylation is 1. The lowest BCUT2D eigenvalue weighted by molar-refractivity contribution is 0.534. The van der Waals surface area contributed by atoms with Crippen LogP contribution in [0.2, 0.25) is 0 Å². The molecule has 120 valence electrons. The summed E-state index contributed by atoms with van der Waals surface area (Å²) in [5, 5.41) is 13.4. The van der Waals surface area contributed by atoms with E-state index in [1.165, 1.54) is 11.8 Å². The third kappa shape index (κ3) is 2.76. The van der Waals surface area contributed by atoms with E-state index in [-0.39, 0.29) is 0 Å². The first-order valence-corrected chi connectivity index (χ1v) is 8.21. The molecule has 0 aliphatic carbocycles. The Labute approximate surface area is 145 Å². The molecule has 3 aromatic heterocycles. The number of nitrogens with zero attached hydrogens (tertiary/aromatic N) is 4. The smallest absolute Gasteiger partial charge is 0.265 e. The zero-order valence-electron chi connectivity index (χ0n) is 12.7. The molecule has 7 nitrogen and oxygen atoms in total. The van der Waals surface area contributed by atoms with Crippen molar-refractivity contribution in [1.82, 2.24) is 20.2 Å². The van der Waals surface area contributed by atoms with Crippen molar-refractivity contribution < 1.29 is 4.42 Å². The van der Waals surface area contributed by atoms with Gasteiger partial charge in [-0.05, 0) is 52.2 Å². The Morgan fingerprint density at radius 3 is 3.00 bits per heavy atom. The molecule has 24 heavy (non-hydrogen) atoms. The summed E-state index contributed by atoms with van der Waals surface area (Å²) >= 11 is 3.24. The maximum absolute atomic E-state index is 5.32. The van der Waals surface area contributed by atoms with Crippen LogP contribution in [0.5, 0.6) is 0 Å². The molecule has 0 aliphatic rings. The van der Waals surface area contributed by atoms with Crippen molar-refractivity contribution in [1.29, 1.82) is 0 Å². The van der Waals surface area contributed by atoms with Gasteiger partial charge in [0.1, 0.15) is 11.3 Å². The Kier molecular flexibility index (Phi) is 3.73. The fourth-order valence-corrected chi connectivity index (χ4v) is 2.76. The SMILES string of the molecule is CCc1ccc2[nH]c3nc(NN=Cc4ccc(Br)o4)nnc3c2c1. The third-order valence-electron chi connectivity index (χ3n) is 3.64. The van der Waals surface area contributed by atoms with Crippen LogP contribution in [0, 0.1) is 0 Å². The first-order chi connectivity index (χ1) is 11.7. The maximum Gasteiger partial charge on any atom is 0.265 e. The van der Waals surface area contributed by atoms with Crippen LogP contribution < -0.4 is 5.43 Å². The van der Waals surface area contributed by atoms with E-state index in [0.29, 0.717) is 22.0 Å². The standard InChI is InChI=1S/C16H13BrN6O/c1-2-9-3-5-12-11(7-9)14-15(19-12)20-16(23-21-14)22-18-8-10-4-6-13(17)24-10/h3-8H,2H2,1H3,(H2,19,20,22,23). The molecular formula is C16H13BrN6O. The number of aromatic nitrogens is 4. The molecule has 0 spiro atoms. The van der Waals surface area contributed by atoms with E-state index < -0.39 is 0 Å². The number of furan rings is 1. The summed E-state index contributed by atoms with van der Waals surface area (Å²) in [5.41, 5.74) is 6.42. The molecule has 0 saturated heterocycles. The summed E-state index contributed by atoms with van der Waals surface area (Å²) in [6.45, 7) is 2.12. The quantitative estimate of drug-likeness (QED) is 0.411. The minimum absolute atomic E-state index is 0.312. The van der Waals surface area contributed by atoms with Crippen molar-refractivity contribution in [2.75, 3.05) is 5.43 Å². The summed E-state index contributed by atoms with van der Waals surface area (Å²) in [6, 6.07) is 9.83. The van der Waals surface area contributed by atoms with Gasteiger partial charge in [-0.1, -0.05) is 13.0 Å². The highest BCUT2D eigenvalue weighted by Crippen LogP contribution is 2.23. The molecule has 0 aliphatic heterocycles. The molecule has 0 bridgehead atoms. The summed E-state index contributed by atoms with van der Waals surface area (Å²) < 4.78 is 5.96. The number of hydrazone groups is 1. The molecule has 0 radical (unpaired) electrons. The number of H-pyrrole nitrogens is 1. The maximum atomic E-state index is 5.32. The van der Waals surface area contributed by atoms with Gasteiger partial charge in [-0.15, -0.1) is 10.2 Å². The number of anilines is 1.